The number of carboxylic acid groups (broad SMARTS) is 1. The van der Waals surface area contributed by atoms with E-state index in [1.807, 2.05) is 0 Å². The lowest BCUT2D eigenvalue weighted by molar-refractivity contribution is -0.147. The van der Waals surface area contributed by atoms with Crippen LogP contribution in [0.5, 0.6) is 0 Å². The van der Waals surface area contributed by atoms with Crippen LogP contribution in [0.3, 0.4) is 0 Å². The molecule has 0 amide bonds. The average Bonchev–Trinajstić information content (AvgIpc) is 2.31. The van der Waals surface area contributed by atoms with Gasteiger partial charge in [-0.2, -0.15) is 4.72 Å². The summed E-state index contributed by atoms with van der Waals surface area (Å²) in [6.07, 6.45) is 1.19. The second-order valence-corrected chi connectivity index (χ2v) is 7.69. The summed E-state index contributed by atoms with van der Waals surface area (Å²) in [5, 5.41) is 9.59. The molecular weight excluding hydrogens is 337 g/mol. The Morgan fingerprint density at radius 3 is 2.33 bits per heavy atom. The molecule has 0 aromatic heterocycles. The van der Waals surface area contributed by atoms with E-state index >= 15 is 0 Å². The van der Waals surface area contributed by atoms with Gasteiger partial charge in [0, 0.05) is 5.02 Å². The van der Waals surface area contributed by atoms with E-state index in [1.165, 1.54) is 6.92 Å². The average molecular weight is 352 g/mol. The van der Waals surface area contributed by atoms with Crippen molar-refractivity contribution in [1.29, 1.82) is 0 Å². The molecule has 0 aliphatic heterocycles. The molecule has 2 N–H and O–H groups in total. The van der Waals surface area contributed by atoms with Crippen molar-refractivity contribution < 1.29 is 18.3 Å². The molecule has 1 aliphatic rings. The van der Waals surface area contributed by atoms with E-state index in [0.29, 0.717) is 17.5 Å². The Hall–Kier alpha value is -0.820. The van der Waals surface area contributed by atoms with E-state index in [2.05, 4.69) is 4.72 Å². The smallest absolute Gasteiger partial charge is 0.324 e. The molecule has 0 heterocycles. The van der Waals surface area contributed by atoms with E-state index in [1.54, 1.807) is 13.0 Å². The maximum atomic E-state index is 12.6. The van der Waals surface area contributed by atoms with Crippen LogP contribution in [-0.4, -0.2) is 25.0 Å². The first kappa shape index (κ1) is 16.5. The number of sulfonamides is 1. The predicted molar refractivity (Wildman–Crippen MR) is 80.5 cm³/mol. The Morgan fingerprint density at radius 2 is 1.90 bits per heavy atom. The Bertz CT molecular complexity index is 685. The number of halogens is 2. The molecule has 0 radical (unpaired) electrons. The van der Waals surface area contributed by atoms with Gasteiger partial charge in [-0.3, -0.25) is 4.79 Å². The van der Waals surface area contributed by atoms with Crippen LogP contribution in [0.4, 0.5) is 0 Å². The number of benzene rings is 1. The molecule has 2 rings (SSSR count). The molecule has 0 saturated heterocycles. The van der Waals surface area contributed by atoms with Crippen molar-refractivity contribution in [3.05, 3.63) is 27.2 Å². The van der Waals surface area contributed by atoms with Gasteiger partial charge < -0.3 is 5.11 Å². The molecule has 8 heteroatoms. The van der Waals surface area contributed by atoms with Crippen LogP contribution < -0.4 is 4.72 Å². The van der Waals surface area contributed by atoms with Gasteiger partial charge in [0.2, 0.25) is 10.0 Å². The topological polar surface area (TPSA) is 83.5 Å². The van der Waals surface area contributed by atoms with Gasteiger partial charge in [0.15, 0.2) is 0 Å². The van der Waals surface area contributed by atoms with Gasteiger partial charge in [-0.1, -0.05) is 23.2 Å². The molecule has 0 unspecified atom stereocenters. The van der Waals surface area contributed by atoms with Crippen LogP contribution in [0.2, 0.25) is 10.0 Å². The van der Waals surface area contributed by atoms with Crippen LogP contribution in [0.15, 0.2) is 11.0 Å². The minimum atomic E-state index is -4.08. The molecule has 1 saturated carbocycles. The summed E-state index contributed by atoms with van der Waals surface area (Å²) in [5.41, 5.74) is -0.615. The third kappa shape index (κ3) is 2.77. The zero-order chi connectivity index (χ0) is 16.0. The Morgan fingerprint density at radius 1 is 1.33 bits per heavy atom. The maximum absolute atomic E-state index is 12.6. The molecule has 0 spiro atoms. The third-order valence-electron chi connectivity index (χ3n) is 3.80. The largest absolute Gasteiger partial charge is 0.480 e. The number of carboxylic acids is 1. The summed E-state index contributed by atoms with van der Waals surface area (Å²) in [6.45, 7) is 3.18. The molecule has 1 aromatic carbocycles. The van der Waals surface area contributed by atoms with Gasteiger partial charge in [-0.15, -0.1) is 0 Å². The van der Waals surface area contributed by atoms with Gasteiger partial charge in [-0.05, 0) is 50.3 Å². The van der Waals surface area contributed by atoms with E-state index in [-0.39, 0.29) is 27.8 Å². The second kappa shape index (κ2) is 5.43. The van der Waals surface area contributed by atoms with Crippen LogP contribution >= 0.6 is 23.2 Å². The van der Waals surface area contributed by atoms with Crippen molar-refractivity contribution in [2.45, 2.75) is 43.5 Å². The number of carbonyl (C=O) groups is 1. The second-order valence-electron chi connectivity index (χ2n) is 5.29. The first-order chi connectivity index (χ1) is 9.61. The third-order valence-corrected chi connectivity index (χ3v) is 6.50. The first-order valence-electron chi connectivity index (χ1n) is 6.33. The molecule has 1 aromatic rings. The predicted octanol–water partition coefficient (Wildman–Crippen LogP) is 2.90. The Kier molecular flexibility index (Phi) is 4.28. The number of hydrogen-bond acceptors (Lipinski definition) is 3. The molecule has 1 aliphatic carbocycles. The summed E-state index contributed by atoms with van der Waals surface area (Å²) < 4.78 is 27.4. The zero-order valence-corrected chi connectivity index (χ0v) is 13.9. The van der Waals surface area contributed by atoms with Gasteiger partial charge >= 0.3 is 5.97 Å². The van der Waals surface area contributed by atoms with Crippen LogP contribution in [-0.2, 0) is 14.8 Å². The fourth-order valence-corrected chi connectivity index (χ4v) is 4.96. The summed E-state index contributed by atoms with van der Waals surface area (Å²) in [6, 6.07) is 1.58. The minimum Gasteiger partial charge on any atom is -0.480 e. The van der Waals surface area contributed by atoms with E-state index in [0.717, 1.165) is 0 Å². The first-order valence-corrected chi connectivity index (χ1v) is 8.57. The molecule has 21 heavy (non-hydrogen) atoms. The quantitative estimate of drug-likeness (QED) is 0.873. The molecule has 0 atom stereocenters. The van der Waals surface area contributed by atoms with Crippen LogP contribution in [0, 0.1) is 13.8 Å². The highest BCUT2D eigenvalue weighted by molar-refractivity contribution is 7.89. The van der Waals surface area contributed by atoms with E-state index in [9.17, 15) is 18.3 Å². The SMILES string of the molecule is Cc1cc(Cl)c(C)c(S(=O)(=O)NC2(C(=O)O)CCC2)c1Cl. The highest BCUT2D eigenvalue weighted by Crippen LogP contribution is 2.37. The number of hydrogen-bond donors (Lipinski definition) is 2. The lowest BCUT2D eigenvalue weighted by atomic mass is 9.78. The van der Waals surface area contributed by atoms with Crippen molar-refractivity contribution in [2.24, 2.45) is 0 Å². The van der Waals surface area contributed by atoms with E-state index < -0.39 is 21.5 Å². The molecule has 1 fully saturated rings. The summed E-state index contributed by atoms with van der Waals surface area (Å²) in [5.74, 6) is -1.18. The minimum absolute atomic E-state index is 0.0595. The summed E-state index contributed by atoms with van der Waals surface area (Å²) in [4.78, 5) is 11.2. The molecule has 116 valence electrons. The highest BCUT2D eigenvalue weighted by atomic mass is 35.5. The number of rotatable bonds is 4. The van der Waals surface area contributed by atoms with Gasteiger partial charge in [-0.25, -0.2) is 8.42 Å². The lowest BCUT2D eigenvalue weighted by Crippen LogP contribution is -2.59. The van der Waals surface area contributed by atoms with Gasteiger partial charge in [0.25, 0.3) is 0 Å². The monoisotopic (exact) mass is 351 g/mol. The zero-order valence-electron chi connectivity index (χ0n) is 11.5. The van der Waals surface area contributed by atoms with Crippen molar-refractivity contribution in [2.75, 3.05) is 0 Å². The maximum Gasteiger partial charge on any atom is 0.324 e. The van der Waals surface area contributed by atoms with Gasteiger partial charge in [0.05, 0.1) is 5.02 Å². The number of aliphatic carboxylic acids is 1. The van der Waals surface area contributed by atoms with Gasteiger partial charge in [0.1, 0.15) is 10.4 Å². The molecular formula is C13H15Cl2NO4S. The number of aryl methyl sites for hydroxylation is 1. The summed E-state index contributed by atoms with van der Waals surface area (Å²) >= 11 is 12.1. The molecule has 0 bridgehead atoms. The van der Waals surface area contributed by atoms with Crippen LogP contribution in [0.1, 0.15) is 30.4 Å². The standard InChI is InChI=1S/C13H15Cl2NO4S/c1-7-6-9(14)8(2)11(10(7)15)21(19,20)16-13(12(17)18)4-3-5-13/h6,16H,3-5H2,1-2H3,(H,17,18). The van der Waals surface area contributed by atoms with Crippen LogP contribution in [0.25, 0.3) is 0 Å². The fraction of sp³-hybridized carbons (Fsp3) is 0.462. The van der Waals surface area contributed by atoms with E-state index in [4.69, 9.17) is 23.2 Å². The van der Waals surface area contributed by atoms with Crippen molar-refractivity contribution in [1.82, 2.24) is 4.72 Å². The normalized spacial score (nSPS) is 17.3. The number of nitrogens with one attached hydrogen (secondary N) is 1. The van der Waals surface area contributed by atoms with Crippen molar-refractivity contribution >= 4 is 39.2 Å². The molecule has 5 nitrogen and oxygen atoms in total. The summed E-state index contributed by atoms with van der Waals surface area (Å²) in [7, 11) is -4.08. The lowest BCUT2D eigenvalue weighted by Gasteiger charge is -2.38. The Balaban J connectivity index is 2.53. The Labute approximate surface area is 133 Å². The highest BCUT2D eigenvalue weighted by Gasteiger charge is 2.48. The fourth-order valence-electron chi connectivity index (χ4n) is 2.33. The van der Waals surface area contributed by atoms with Crippen molar-refractivity contribution in [3.63, 3.8) is 0 Å². The van der Waals surface area contributed by atoms with Crippen molar-refractivity contribution in [3.8, 4) is 0 Å².